The molecule has 1 amide bonds. The summed E-state index contributed by atoms with van der Waals surface area (Å²) in [5.74, 6) is 0.867. The Kier molecular flexibility index (Phi) is 4.27. The lowest BCUT2D eigenvalue weighted by Crippen LogP contribution is -2.34. The van der Waals surface area contributed by atoms with Crippen LogP contribution in [0, 0.1) is 5.92 Å². The van der Waals surface area contributed by atoms with Crippen molar-refractivity contribution in [3.8, 4) is 0 Å². The molecule has 24 heavy (non-hydrogen) atoms. The smallest absolute Gasteiger partial charge is 0.250 e. The summed E-state index contributed by atoms with van der Waals surface area (Å²) in [6.07, 6.45) is 4.58. The molecule has 126 valence electrons. The lowest BCUT2D eigenvalue weighted by atomic mass is 10.1. The highest BCUT2D eigenvalue weighted by atomic mass is 32.1. The molecule has 3 heterocycles. The van der Waals surface area contributed by atoms with Crippen molar-refractivity contribution < 1.29 is 4.79 Å². The number of rotatable bonds is 4. The summed E-state index contributed by atoms with van der Waals surface area (Å²) >= 11 is 1.63. The van der Waals surface area contributed by atoms with Gasteiger partial charge in [0.1, 0.15) is 0 Å². The van der Waals surface area contributed by atoms with Gasteiger partial charge in [-0.1, -0.05) is 6.07 Å². The average molecular weight is 342 g/mol. The van der Waals surface area contributed by atoms with Crippen molar-refractivity contribution in [1.29, 1.82) is 0 Å². The summed E-state index contributed by atoms with van der Waals surface area (Å²) in [6.45, 7) is 2.31. The molecule has 0 N–H and O–H groups in total. The molecule has 1 saturated carbocycles. The molecule has 0 radical (unpaired) electrons. The van der Waals surface area contributed by atoms with E-state index in [-0.39, 0.29) is 11.5 Å². The van der Waals surface area contributed by atoms with E-state index in [0.717, 1.165) is 37.2 Å². The van der Waals surface area contributed by atoms with Crippen LogP contribution in [0.1, 0.15) is 29.7 Å². The van der Waals surface area contributed by atoms with Crippen molar-refractivity contribution in [2.75, 3.05) is 13.1 Å². The van der Waals surface area contributed by atoms with E-state index in [1.165, 1.54) is 18.4 Å². The van der Waals surface area contributed by atoms with Crippen LogP contribution in [-0.2, 0) is 30.6 Å². The highest BCUT2D eigenvalue weighted by Gasteiger charge is 2.25. The lowest BCUT2D eigenvalue weighted by Gasteiger charge is -2.20. The van der Waals surface area contributed by atoms with Crippen molar-refractivity contribution in [2.45, 2.75) is 38.6 Å². The highest BCUT2D eigenvalue weighted by Crippen LogP contribution is 2.31. The van der Waals surface area contributed by atoms with E-state index < -0.39 is 0 Å². The maximum atomic E-state index is 12.6. The SMILES string of the molecule is O=C(Cc1ccsc1)N1CCc2ccc(=O)n(CC3CC3)c2CC1. The number of carbonyl (C=O) groups is 1. The summed E-state index contributed by atoms with van der Waals surface area (Å²) in [4.78, 5) is 26.8. The van der Waals surface area contributed by atoms with Crippen molar-refractivity contribution in [3.63, 3.8) is 0 Å². The average Bonchev–Trinajstić information content (AvgIpc) is 3.30. The zero-order valence-corrected chi connectivity index (χ0v) is 14.6. The molecular weight excluding hydrogens is 320 g/mol. The number of amides is 1. The van der Waals surface area contributed by atoms with Crippen molar-refractivity contribution in [3.05, 3.63) is 56.1 Å². The fourth-order valence-electron chi connectivity index (χ4n) is 3.48. The van der Waals surface area contributed by atoms with Gasteiger partial charge in [0.15, 0.2) is 0 Å². The molecule has 2 aliphatic rings. The van der Waals surface area contributed by atoms with E-state index >= 15 is 0 Å². The summed E-state index contributed by atoms with van der Waals surface area (Å²) in [6, 6.07) is 5.68. The summed E-state index contributed by atoms with van der Waals surface area (Å²) in [5, 5.41) is 4.05. The van der Waals surface area contributed by atoms with Crippen LogP contribution in [0.15, 0.2) is 33.8 Å². The Bertz CT molecular complexity index is 790. The van der Waals surface area contributed by atoms with Gasteiger partial charge < -0.3 is 9.47 Å². The molecule has 0 aromatic carbocycles. The number of pyridine rings is 1. The van der Waals surface area contributed by atoms with Gasteiger partial charge in [0, 0.05) is 37.8 Å². The molecule has 0 bridgehead atoms. The van der Waals surface area contributed by atoms with Crippen LogP contribution in [-0.4, -0.2) is 28.5 Å². The van der Waals surface area contributed by atoms with Gasteiger partial charge in [-0.25, -0.2) is 0 Å². The number of fused-ring (bicyclic) bond motifs is 1. The van der Waals surface area contributed by atoms with Crippen LogP contribution in [0.5, 0.6) is 0 Å². The minimum atomic E-state index is 0.110. The molecule has 1 aliphatic carbocycles. The van der Waals surface area contributed by atoms with Gasteiger partial charge in [-0.05, 0) is 53.1 Å². The monoisotopic (exact) mass is 342 g/mol. The predicted octanol–water partition coefficient (Wildman–Crippen LogP) is 2.49. The minimum Gasteiger partial charge on any atom is -0.342 e. The van der Waals surface area contributed by atoms with E-state index in [2.05, 4.69) is 0 Å². The molecule has 2 aromatic rings. The summed E-state index contributed by atoms with van der Waals surface area (Å²) < 4.78 is 1.97. The molecule has 0 spiro atoms. The third-order valence-corrected chi connectivity index (χ3v) is 5.82. The fraction of sp³-hybridized carbons (Fsp3) is 0.474. The Hall–Kier alpha value is -1.88. The van der Waals surface area contributed by atoms with Gasteiger partial charge in [0.05, 0.1) is 6.42 Å². The van der Waals surface area contributed by atoms with Crippen LogP contribution < -0.4 is 5.56 Å². The second-order valence-corrected chi connectivity index (χ2v) is 7.67. The number of nitrogens with zero attached hydrogens (tertiary/aromatic N) is 2. The Balaban J connectivity index is 1.51. The van der Waals surface area contributed by atoms with Crippen molar-refractivity contribution in [1.82, 2.24) is 9.47 Å². The zero-order chi connectivity index (χ0) is 16.5. The van der Waals surface area contributed by atoms with Gasteiger partial charge in [-0.2, -0.15) is 11.3 Å². The predicted molar refractivity (Wildman–Crippen MR) is 95.4 cm³/mol. The first-order chi connectivity index (χ1) is 11.7. The van der Waals surface area contributed by atoms with E-state index in [9.17, 15) is 9.59 Å². The third kappa shape index (κ3) is 3.31. The molecule has 5 heteroatoms. The second-order valence-electron chi connectivity index (χ2n) is 6.89. The van der Waals surface area contributed by atoms with E-state index in [1.807, 2.05) is 32.4 Å². The van der Waals surface area contributed by atoms with E-state index in [0.29, 0.717) is 18.9 Å². The van der Waals surface area contributed by atoms with Crippen molar-refractivity contribution in [2.24, 2.45) is 5.92 Å². The first-order valence-corrected chi connectivity index (χ1v) is 9.65. The first-order valence-electron chi connectivity index (χ1n) is 8.71. The van der Waals surface area contributed by atoms with E-state index in [4.69, 9.17) is 0 Å². The molecular formula is C19H22N2O2S. The number of aromatic nitrogens is 1. The topological polar surface area (TPSA) is 42.3 Å². The molecule has 0 unspecified atom stereocenters. The van der Waals surface area contributed by atoms with Crippen LogP contribution in [0.25, 0.3) is 0 Å². The number of hydrogen-bond acceptors (Lipinski definition) is 3. The van der Waals surface area contributed by atoms with Crippen LogP contribution in [0.4, 0.5) is 0 Å². The molecule has 2 aromatic heterocycles. The Morgan fingerprint density at radius 3 is 2.75 bits per heavy atom. The summed E-state index contributed by atoms with van der Waals surface area (Å²) in [7, 11) is 0. The lowest BCUT2D eigenvalue weighted by molar-refractivity contribution is -0.130. The van der Waals surface area contributed by atoms with Gasteiger partial charge in [0.2, 0.25) is 5.91 Å². The summed E-state index contributed by atoms with van der Waals surface area (Å²) in [5.41, 5.74) is 3.59. The van der Waals surface area contributed by atoms with Crippen LogP contribution in [0.3, 0.4) is 0 Å². The van der Waals surface area contributed by atoms with Crippen molar-refractivity contribution >= 4 is 17.2 Å². The zero-order valence-electron chi connectivity index (χ0n) is 13.7. The number of thiophene rings is 1. The minimum absolute atomic E-state index is 0.110. The number of hydrogen-bond donors (Lipinski definition) is 0. The quantitative estimate of drug-likeness (QED) is 0.857. The molecule has 0 atom stereocenters. The van der Waals surface area contributed by atoms with Gasteiger partial charge in [0.25, 0.3) is 5.56 Å². The Morgan fingerprint density at radius 2 is 2.00 bits per heavy atom. The molecule has 4 nitrogen and oxygen atoms in total. The Labute approximate surface area is 145 Å². The first kappa shape index (κ1) is 15.6. The maximum absolute atomic E-state index is 12.6. The van der Waals surface area contributed by atoms with Crippen LogP contribution in [0.2, 0.25) is 0 Å². The standard InChI is InChI=1S/C19H22N2O2S/c22-18-4-3-16-5-8-20(19(23)11-15-7-10-24-13-15)9-6-17(16)21(18)12-14-1-2-14/h3-4,7,10,13-14H,1-2,5-6,8-9,11-12H2. The molecule has 1 fully saturated rings. The largest absolute Gasteiger partial charge is 0.342 e. The number of carbonyl (C=O) groups excluding carboxylic acids is 1. The normalized spacial score (nSPS) is 17.4. The maximum Gasteiger partial charge on any atom is 0.250 e. The van der Waals surface area contributed by atoms with Gasteiger partial charge in [-0.15, -0.1) is 0 Å². The molecule has 0 saturated heterocycles. The van der Waals surface area contributed by atoms with Gasteiger partial charge >= 0.3 is 0 Å². The highest BCUT2D eigenvalue weighted by molar-refractivity contribution is 7.08. The second kappa shape index (κ2) is 6.55. The molecule has 1 aliphatic heterocycles. The molecule has 4 rings (SSSR count). The third-order valence-electron chi connectivity index (χ3n) is 5.09. The Morgan fingerprint density at radius 1 is 1.17 bits per heavy atom. The van der Waals surface area contributed by atoms with Gasteiger partial charge in [-0.3, -0.25) is 9.59 Å². The van der Waals surface area contributed by atoms with E-state index in [1.54, 1.807) is 17.4 Å². The van der Waals surface area contributed by atoms with Crippen LogP contribution >= 0.6 is 11.3 Å². The fourth-order valence-corrected chi connectivity index (χ4v) is 4.15.